The maximum absolute atomic E-state index is 13.6. The summed E-state index contributed by atoms with van der Waals surface area (Å²) in [6, 6.07) is 7.24. The molecule has 1 aromatic rings. The van der Waals surface area contributed by atoms with Gasteiger partial charge in [-0.25, -0.2) is 4.79 Å². The lowest BCUT2D eigenvalue weighted by Crippen LogP contribution is -2.28. The van der Waals surface area contributed by atoms with Crippen molar-refractivity contribution in [1.29, 1.82) is 0 Å². The van der Waals surface area contributed by atoms with Gasteiger partial charge in [0.25, 0.3) is 0 Å². The Kier molecular flexibility index (Phi) is 5.68. The van der Waals surface area contributed by atoms with E-state index in [0.717, 1.165) is 5.56 Å². The van der Waals surface area contributed by atoms with E-state index in [2.05, 4.69) is 41.4 Å². The third kappa shape index (κ3) is 4.92. The number of ether oxygens (including phenoxy) is 1. The van der Waals surface area contributed by atoms with Gasteiger partial charge in [0.05, 0.1) is 6.61 Å². The van der Waals surface area contributed by atoms with Crippen LogP contribution in [0.2, 0.25) is 0 Å². The van der Waals surface area contributed by atoms with Crippen LogP contribution in [0.5, 0.6) is 0 Å². The Morgan fingerprint density at radius 3 is 2.19 bits per heavy atom. The molecule has 21 heavy (non-hydrogen) atoms. The molecule has 0 bridgehead atoms. The van der Waals surface area contributed by atoms with Crippen molar-refractivity contribution in [3.63, 3.8) is 0 Å². The molecule has 0 saturated heterocycles. The molecular weight excluding hydrogens is 342 g/mol. The van der Waals surface area contributed by atoms with E-state index in [1.54, 1.807) is 12.1 Å². The van der Waals surface area contributed by atoms with Crippen LogP contribution in [0.15, 0.2) is 30.3 Å². The highest BCUT2D eigenvalue weighted by molar-refractivity contribution is 9.15. The maximum Gasteiger partial charge on any atom is 0.381 e. The van der Waals surface area contributed by atoms with Crippen LogP contribution < -0.4 is 0 Å². The van der Waals surface area contributed by atoms with Gasteiger partial charge < -0.3 is 4.74 Å². The fraction of sp³-hybridized carbons (Fsp3) is 0.438. The van der Waals surface area contributed by atoms with Crippen LogP contribution >= 0.6 is 15.9 Å². The number of esters is 1. The molecule has 0 aliphatic heterocycles. The van der Waals surface area contributed by atoms with Crippen LogP contribution in [0.3, 0.4) is 0 Å². The van der Waals surface area contributed by atoms with Gasteiger partial charge in [0.15, 0.2) is 0 Å². The number of carbonyl (C=O) groups is 1. The molecule has 0 spiro atoms. The minimum Gasteiger partial charge on any atom is -0.461 e. The lowest BCUT2D eigenvalue weighted by molar-refractivity contribution is -0.164. The summed E-state index contributed by atoms with van der Waals surface area (Å²) in [5, 5.41) is 0. The fourth-order valence-electron chi connectivity index (χ4n) is 1.66. The Balaban J connectivity index is 3.00. The smallest absolute Gasteiger partial charge is 0.381 e. The number of alkyl halides is 2. The number of halogens is 3. The van der Waals surface area contributed by atoms with Gasteiger partial charge >= 0.3 is 11.9 Å². The molecule has 0 atom stereocenters. The van der Waals surface area contributed by atoms with Crippen molar-refractivity contribution in [2.45, 2.75) is 39.0 Å². The van der Waals surface area contributed by atoms with E-state index in [1.807, 2.05) is 12.1 Å². The summed E-state index contributed by atoms with van der Waals surface area (Å²) in [4.78, 5) is 11.2. The Morgan fingerprint density at radius 2 is 1.76 bits per heavy atom. The molecule has 0 aromatic heterocycles. The van der Waals surface area contributed by atoms with Crippen LogP contribution in [-0.4, -0.2) is 18.5 Å². The Bertz CT molecular complexity index is 528. The van der Waals surface area contributed by atoms with E-state index in [1.165, 1.54) is 6.92 Å². The first-order valence-electron chi connectivity index (χ1n) is 6.62. The third-order valence-electron chi connectivity index (χ3n) is 2.88. The van der Waals surface area contributed by atoms with Gasteiger partial charge in [0.1, 0.15) is 0 Å². The molecule has 0 radical (unpaired) electrons. The molecule has 0 amide bonds. The van der Waals surface area contributed by atoms with Gasteiger partial charge in [-0.15, -0.1) is 0 Å². The average Bonchev–Trinajstić information content (AvgIpc) is 2.37. The van der Waals surface area contributed by atoms with Gasteiger partial charge in [-0.05, 0) is 23.5 Å². The molecule has 0 heterocycles. The van der Waals surface area contributed by atoms with Crippen LogP contribution in [-0.2, 0) is 14.9 Å². The zero-order valence-corrected chi connectivity index (χ0v) is 14.1. The topological polar surface area (TPSA) is 26.3 Å². The highest BCUT2D eigenvalue weighted by atomic mass is 79.9. The maximum atomic E-state index is 13.6. The quantitative estimate of drug-likeness (QED) is 0.712. The van der Waals surface area contributed by atoms with Crippen LogP contribution in [0, 0.1) is 0 Å². The summed E-state index contributed by atoms with van der Waals surface area (Å²) in [6.45, 7) is 7.61. The van der Waals surface area contributed by atoms with E-state index in [4.69, 9.17) is 0 Å². The highest BCUT2D eigenvalue weighted by Gasteiger charge is 2.38. The van der Waals surface area contributed by atoms with Crippen molar-refractivity contribution in [3.8, 4) is 0 Å². The SMILES string of the molecule is CCOC(=O)C(F)(F)/C=C(/Br)c1ccc(C(C)(C)C)cc1. The first kappa shape index (κ1) is 17.8. The molecular formula is C16H19BrF2O2. The Hall–Kier alpha value is -1.23. The number of hydrogen-bond acceptors (Lipinski definition) is 2. The van der Waals surface area contributed by atoms with Crippen molar-refractivity contribution in [2.24, 2.45) is 0 Å². The first-order chi connectivity index (χ1) is 9.58. The summed E-state index contributed by atoms with van der Waals surface area (Å²) in [6.07, 6.45) is 0.567. The summed E-state index contributed by atoms with van der Waals surface area (Å²) in [5.41, 5.74) is 1.67. The van der Waals surface area contributed by atoms with Crippen molar-refractivity contribution in [3.05, 3.63) is 41.5 Å². The van der Waals surface area contributed by atoms with Gasteiger partial charge in [-0.3, -0.25) is 0 Å². The number of carbonyl (C=O) groups excluding carboxylic acids is 1. The normalized spacial score (nSPS) is 13.2. The van der Waals surface area contributed by atoms with E-state index in [-0.39, 0.29) is 16.5 Å². The highest BCUT2D eigenvalue weighted by Crippen LogP contribution is 2.30. The molecule has 0 fully saturated rings. The first-order valence-corrected chi connectivity index (χ1v) is 7.41. The summed E-state index contributed by atoms with van der Waals surface area (Å²) >= 11 is 3.09. The molecule has 2 nitrogen and oxygen atoms in total. The number of benzene rings is 1. The number of rotatable bonds is 4. The molecule has 1 aromatic carbocycles. The molecule has 0 aliphatic rings. The zero-order chi connectivity index (χ0) is 16.3. The summed E-state index contributed by atoms with van der Waals surface area (Å²) in [7, 11) is 0. The fourth-order valence-corrected chi connectivity index (χ4v) is 2.21. The van der Waals surface area contributed by atoms with E-state index in [9.17, 15) is 13.6 Å². The molecule has 116 valence electrons. The van der Waals surface area contributed by atoms with E-state index in [0.29, 0.717) is 11.6 Å². The zero-order valence-electron chi connectivity index (χ0n) is 12.5. The molecule has 0 aliphatic carbocycles. The van der Waals surface area contributed by atoms with Crippen LogP contribution in [0.25, 0.3) is 4.48 Å². The van der Waals surface area contributed by atoms with E-state index >= 15 is 0 Å². The Labute approximate surface area is 132 Å². The van der Waals surface area contributed by atoms with Gasteiger partial charge in [0, 0.05) is 10.6 Å². The minimum absolute atomic E-state index is 0.0103. The molecule has 0 saturated carbocycles. The van der Waals surface area contributed by atoms with Crippen molar-refractivity contribution in [2.75, 3.05) is 6.61 Å². The van der Waals surface area contributed by atoms with Gasteiger partial charge in [-0.1, -0.05) is 61.0 Å². The van der Waals surface area contributed by atoms with Gasteiger partial charge in [0.2, 0.25) is 0 Å². The molecule has 0 N–H and O–H groups in total. The predicted molar refractivity (Wildman–Crippen MR) is 83.6 cm³/mol. The Morgan fingerprint density at radius 1 is 1.24 bits per heavy atom. The standard InChI is InChI=1S/C16H19BrF2O2/c1-5-21-14(20)16(18,19)10-13(17)11-6-8-12(9-7-11)15(2,3)4/h6-10H,5H2,1-4H3/b13-10+. The second-order valence-corrected chi connectivity index (χ2v) is 6.52. The van der Waals surface area contributed by atoms with Crippen molar-refractivity contribution >= 4 is 26.4 Å². The molecule has 5 heteroatoms. The summed E-state index contributed by atoms with van der Waals surface area (Å²) < 4.78 is 31.8. The monoisotopic (exact) mass is 360 g/mol. The third-order valence-corrected chi connectivity index (χ3v) is 3.57. The predicted octanol–water partition coefficient (Wildman–Crippen LogP) is 4.92. The second-order valence-electron chi connectivity index (χ2n) is 5.66. The molecule has 0 unspecified atom stereocenters. The van der Waals surface area contributed by atoms with Gasteiger partial charge in [-0.2, -0.15) is 8.78 Å². The lowest BCUT2D eigenvalue weighted by atomic mass is 9.87. The average molecular weight is 361 g/mol. The van der Waals surface area contributed by atoms with Crippen LogP contribution in [0.1, 0.15) is 38.8 Å². The van der Waals surface area contributed by atoms with Crippen LogP contribution in [0.4, 0.5) is 8.78 Å². The largest absolute Gasteiger partial charge is 0.461 e. The van der Waals surface area contributed by atoms with Crippen molar-refractivity contribution in [1.82, 2.24) is 0 Å². The molecule has 1 rings (SSSR count). The van der Waals surface area contributed by atoms with E-state index < -0.39 is 11.9 Å². The number of hydrogen-bond donors (Lipinski definition) is 0. The summed E-state index contributed by atoms with van der Waals surface area (Å²) in [5.74, 6) is -5.20. The second kappa shape index (κ2) is 6.69. The van der Waals surface area contributed by atoms with Crippen molar-refractivity contribution < 1.29 is 18.3 Å². The minimum atomic E-state index is -3.66. The lowest BCUT2D eigenvalue weighted by Gasteiger charge is -2.19.